The van der Waals surface area contributed by atoms with Gasteiger partial charge in [0.1, 0.15) is 0 Å². The highest BCUT2D eigenvalue weighted by Crippen LogP contribution is 2.19. The molecule has 1 heterocycles. The first-order valence-electron chi connectivity index (χ1n) is 6.35. The Hall–Kier alpha value is -0.770. The SMILES string of the molecule is CCC1(NC(=O)NCC(C)C)CCCNC1. The molecule has 0 aromatic carbocycles. The number of amides is 2. The van der Waals surface area contributed by atoms with E-state index in [9.17, 15) is 4.79 Å². The average molecular weight is 227 g/mol. The van der Waals surface area contributed by atoms with Crippen LogP contribution in [0.3, 0.4) is 0 Å². The fourth-order valence-electron chi connectivity index (χ4n) is 2.05. The topological polar surface area (TPSA) is 53.2 Å². The Morgan fingerprint density at radius 1 is 1.50 bits per heavy atom. The van der Waals surface area contributed by atoms with Crippen LogP contribution in [0.15, 0.2) is 0 Å². The van der Waals surface area contributed by atoms with Crippen molar-refractivity contribution in [3.05, 3.63) is 0 Å². The minimum atomic E-state index is -0.0423. The van der Waals surface area contributed by atoms with Crippen LogP contribution in [0.4, 0.5) is 4.79 Å². The second-order valence-corrected chi connectivity index (χ2v) is 5.14. The van der Waals surface area contributed by atoms with Crippen molar-refractivity contribution < 1.29 is 4.79 Å². The van der Waals surface area contributed by atoms with Crippen molar-refractivity contribution >= 4 is 6.03 Å². The van der Waals surface area contributed by atoms with Gasteiger partial charge >= 0.3 is 6.03 Å². The molecule has 1 rings (SSSR count). The van der Waals surface area contributed by atoms with Crippen molar-refractivity contribution in [2.24, 2.45) is 5.92 Å². The fourth-order valence-corrected chi connectivity index (χ4v) is 2.05. The van der Waals surface area contributed by atoms with Crippen LogP contribution in [0.5, 0.6) is 0 Å². The number of piperidine rings is 1. The van der Waals surface area contributed by atoms with Gasteiger partial charge in [-0.05, 0) is 31.7 Å². The van der Waals surface area contributed by atoms with Gasteiger partial charge in [-0.1, -0.05) is 20.8 Å². The number of rotatable bonds is 4. The summed E-state index contributed by atoms with van der Waals surface area (Å²) in [5.41, 5.74) is -0.0423. The molecule has 4 nitrogen and oxygen atoms in total. The summed E-state index contributed by atoms with van der Waals surface area (Å²) < 4.78 is 0. The van der Waals surface area contributed by atoms with Gasteiger partial charge in [-0.25, -0.2) is 4.79 Å². The normalized spacial score (nSPS) is 25.5. The summed E-state index contributed by atoms with van der Waals surface area (Å²) in [7, 11) is 0. The Morgan fingerprint density at radius 3 is 2.75 bits per heavy atom. The number of carbonyl (C=O) groups is 1. The van der Waals surface area contributed by atoms with E-state index in [0.717, 1.165) is 38.9 Å². The summed E-state index contributed by atoms with van der Waals surface area (Å²) in [5.74, 6) is 0.493. The predicted octanol–water partition coefficient (Wildman–Crippen LogP) is 1.47. The van der Waals surface area contributed by atoms with Crippen molar-refractivity contribution in [1.82, 2.24) is 16.0 Å². The second-order valence-electron chi connectivity index (χ2n) is 5.14. The van der Waals surface area contributed by atoms with E-state index in [4.69, 9.17) is 0 Å². The quantitative estimate of drug-likeness (QED) is 0.681. The Balaban J connectivity index is 2.39. The third-order valence-corrected chi connectivity index (χ3v) is 3.20. The van der Waals surface area contributed by atoms with Crippen molar-refractivity contribution in [2.75, 3.05) is 19.6 Å². The largest absolute Gasteiger partial charge is 0.338 e. The first kappa shape index (κ1) is 13.3. The van der Waals surface area contributed by atoms with Crippen LogP contribution in [-0.4, -0.2) is 31.2 Å². The molecule has 1 saturated heterocycles. The molecular formula is C12H25N3O. The molecule has 1 atom stereocenters. The van der Waals surface area contributed by atoms with E-state index in [1.807, 2.05) is 0 Å². The van der Waals surface area contributed by atoms with E-state index in [1.165, 1.54) is 0 Å². The number of hydrogen-bond donors (Lipinski definition) is 3. The molecule has 16 heavy (non-hydrogen) atoms. The van der Waals surface area contributed by atoms with Crippen LogP contribution in [0, 0.1) is 5.92 Å². The molecule has 0 bridgehead atoms. The smallest absolute Gasteiger partial charge is 0.315 e. The Labute approximate surface area is 98.6 Å². The van der Waals surface area contributed by atoms with E-state index >= 15 is 0 Å². The van der Waals surface area contributed by atoms with Gasteiger partial charge in [0.2, 0.25) is 0 Å². The second kappa shape index (κ2) is 6.09. The molecule has 1 aliphatic rings. The Kier molecular flexibility index (Phi) is 5.06. The lowest BCUT2D eigenvalue weighted by molar-refractivity contribution is 0.205. The van der Waals surface area contributed by atoms with E-state index in [-0.39, 0.29) is 11.6 Å². The summed E-state index contributed by atoms with van der Waals surface area (Å²) in [6.07, 6.45) is 3.19. The highest BCUT2D eigenvalue weighted by Gasteiger charge is 2.31. The maximum absolute atomic E-state index is 11.7. The molecule has 1 fully saturated rings. The zero-order valence-corrected chi connectivity index (χ0v) is 10.7. The number of carbonyl (C=O) groups excluding carboxylic acids is 1. The highest BCUT2D eigenvalue weighted by atomic mass is 16.2. The van der Waals surface area contributed by atoms with Crippen LogP contribution < -0.4 is 16.0 Å². The summed E-state index contributed by atoms with van der Waals surface area (Å²) in [6, 6.07) is -0.0285. The zero-order valence-electron chi connectivity index (χ0n) is 10.7. The lowest BCUT2D eigenvalue weighted by Crippen LogP contribution is -2.59. The first-order chi connectivity index (χ1) is 7.58. The van der Waals surface area contributed by atoms with Gasteiger partial charge in [0, 0.05) is 13.1 Å². The molecule has 0 aliphatic carbocycles. The van der Waals surface area contributed by atoms with E-state index in [2.05, 4.69) is 36.7 Å². The van der Waals surface area contributed by atoms with Crippen molar-refractivity contribution in [2.45, 2.75) is 45.6 Å². The minimum Gasteiger partial charge on any atom is -0.338 e. The molecule has 0 aromatic rings. The van der Waals surface area contributed by atoms with E-state index in [0.29, 0.717) is 5.92 Å². The molecule has 94 valence electrons. The predicted molar refractivity (Wildman–Crippen MR) is 66.5 cm³/mol. The summed E-state index contributed by atoms with van der Waals surface area (Å²) in [5, 5.41) is 9.39. The van der Waals surface area contributed by atoms with Gasteiger partial charge in [0.25, 0.3) is 0 Å². The number of nitrogens with one attached hydrogen (secondary N) is 3. The van der Waals surface area contributed by atoms with Crippen LogP contribution in [0.1, 0.15) is 40.0 Å². The molecule has 3 N–H and O–H groups in total. The van der Waals surface area contributed by atoms with Crippen LogP contribution in [0.25, 0.3) is 0 Å². The highest BCUT2D eigenvalue weighted by molar-refractivity contribution is 5.74. The number of hydrogen-bond acceptors (Lipinski definition) is 2. The molecule has 4 heteroatoms. The third-order valence-electron chi connectivity index (χ3n) is 3.20. The molecule has 1 aliphatic heterocycles. The van der Waals surface area contributed by atoms with Crippen molar-refractivity contribution in [1.29, 1.82) is 0 Å². The van der Waals surface area contributed by atoms with Crippen molar-refractivity contribution in [3.63, 3.8) is 0 Å². The van der Waals surface area contributed by atoms with Crippen LogP contribution >= 0.6 is 0 Å². The monoisotopic (exact) mass is 227 g/mol. The van der Waals surface area contributed by atoms with E-state index < -0.39 is 0 Å². The molecule has 0 radical (unpaired) electrons. The zero-order chi connectivity index (χ0) is 12.0. The molecule has 2 amide bonds. The van der Waals surface area contributed by atoms with Gasteiger partial charge in [0.05, 0.1) is 5.54 Å². The molecule has 0 spiro atoms. The molecule has 1 unspecified atom stereocenters. The fraction of sp³-hybridized carbons (Fsp3) is 0.917. The molecule has 0 saturated carbocycles. The minimum absolute atomic E-state index is 0.0285. The lowest BCUT2D eigenvalue weighted by atomic mass is 9.87. The summed E-state index contributed by atoms with van der Waals surface area (Å²) >= 11 is 0. The van der Waals surface area contributed by atoms with Gasteiger partial charge in [0.15, 0.2) is 0 Å². The maximum Gasteiger partial charge on any atom is 0.315 e. The van der Waals surface area contributed by atoms with Gasteiger partial charge in [-0.3, -0.25) is 0 Å². The Morgan fingerprint density at radius 2 is 2.25 bits per heavy atom. The van der Waals surface area contributed by atoms with Crippen LogP contribution in [-0.2, 0) is 0 Å². The third kappa shape index (κ3) is 4.00. The van der Waals surface area contributed by atoms with Gasteiger partial charge < -0.3 is 16.0 Å². The molecule has 0 aromatic heterocycles. The average Bonchev–Trinajstić information content (AvgIpc) is 2.28. The Bertz CT molecular complexity index is 222. The maximum atomic E-state index is 11.7. The lowest BCUT2D eigenvalue weighted by Gasteiger charge is -2.37. The summed E-state index contributed by atoms with van der Waals surface area (Å²) in [4.78, 5) is 11.7. The van der Waals surface area contributed by atoms with E-state index in [1.54, 1.807) is 0 Å². The number of urea groups is 1. The standard InChI is InChI=1S/C12H25N3O/c1-4-12(6-5-7-13-9-12)15-11(16)14-8-10(2)3/h10,13H,4-9H2,1-3H3,(H2,14,15,16). The summed E-state index contributed by atoms with van der Waals surface area (Å²) in [6.45, 7) is 9.01. The van der Waals surface area contributed by atoms with Crippen LogP contribution in [0.2, 0.25) is 0 Å². The van der Waals surface area contributed by atoms with Crippen molar-refractivity contribution in [3.8, 4) is 0 Å². The first-order valence-corrected chi connectivity index (χ1v) is 6.35. The van der Waals surface area contributed by atoms with Gasteiger partial charge in [-0.15, -0.1) is 0 Å². The molecular weight excluding hydrogens is 202 g/mol. The van der Waals surface area contributed by atoms with Gasteiger partial charge in [-0.2, -0.15) is 0 Å².